The predicted molar refractivity (Wildman–Crippen MR) is 199 cm³/mol. The van der Waals surface area contributed by atoms with Gasteiger partial charge in [0.1, 0.15) is 0 Å². The van der Waals surface area contributed by atoms with Crippen LogP contribution < -0.4 is 0 Å². The summed E-state index contributed by atoms with van der Waals surface area (Å²) in [6.07, 6.45) is 7.22. The van der Waals surface area contributed by atoms with E-state index < -0.39 is 0 Å². The Hall–Kier alpha value is -6.72. The van der Waals surface area contributed by atoms with Gasteiger partial charge in [0.15, 0.2) is 0 Å². The Morgan fingerprint density at radius 2 is 0.939 bits per heavy atom. The monoisotopic (exact) mass is 627 g/mol. The molecule has 5 heteroatoms. The molecule has 0 bridgehead atoms. The second kappa shape index (κ2) is 12.1. The first-order valence-corrected chi connectivity index (χ1v) is 16.3. The quantitative estimate of drug-likeness (QED) is 0.184. The number of fused-ring (bicyclic) bond motifs is 3. The molecule has 0 saturated carbocycles. The predicted octanol–water partition coefficient (Wildman–Crippen LogP) is 10.7. The zero-order chi connectivity index (χ0) is 32.6. The van der Waals surface area contributed by atoms with E-state index in [0.717, 1.165) is 61.8 Å². The Balaban J connectivity index is 1.12. The summed E-state index contributed by atoms with van der Waals surface area (Å²) in [6, 6.07) is 52.9. The van der Waals surface area contributed by atoms with Gasteiger partial charge >= 0.3 is 0 Å². The Labute approximate surface area is 283 Å². The highest BCUT2D eigenvalue weighted by Crippen LogP contribution is 2.36. The van der Waals surface area contributed by atoms with E-state index in [2.05, 4.69) is 142 Å². The second-order valence-electron chi connectivity index (χ2n) is 12.0. The normalized spacial score (nSPS) is 11.3. The molecule has 9 aromatic rings. The van der Waals surface area contributed by atoms with Gasteiger partial charge < -0.3 is 4.57 Å². The van der Waals surface area contributed by atoms with Crippen LogP contribution in [0.15, 0.2) is 176 Å². The summed E-state index contributed by atoms with van der Waals surface area (Å²) in [7, 11) is 0. The number of benzene rings is 4. The molecule has 0 radical (unpaired) electrons. The van der Waals surface area contributed by atoms with Crippen molar-refractivity contribution in [1.82, 2.24) is 24.5 Å². The maximum Gasteiger partial charge on any atom is 0.0731 e. The molecule has 5 nitrogen and oxygen atoms in total. The first kappa shape index (κ1) is 28.5. The lowest BCUT2D eigenvalue weighted by Crippen LogP contribution is -1.94. The molecular formula is C44H29N5. The summed E-state index contributed by atoms with van der Waals surface area (Å²) in [6.45, 7) is 0. The van der Waals surface area contributed by atoms with Crippen LogP contribution in [-0.4, -0.2) is 24.5 Å². The van der Waals surface area contributed by atoms with Crippen molar-refractivity contribution >= 4 is 21.8 Å². The molecule has 4 aromatic carbocycles. The molecule has 0 aliphatic rings. The summed E-state index contributed by atoms with van der Waals surface area (Å²) < 4.78 is 2.35. The third-order valence-corrected chi connectivity index (χ3v) is 8.96. The van der Waals surface area contributed by atoms with Crippen LogP contribution in [0.1, 0.15) is 0 Å². The first-order chi connectivity index (χ1) is 24.3. The molecule has 0 fully saturated rings. The molecule has 49 heavy (non-hydrogen) atoms. The van der Waals surface area contributed by atoms with E-state index in [9.17, 15) is 0 Å². The van der Waals surface area contributed by atoms with Gasteiger partial charge in [-0.2, -0.15) is 0 Å². The zero-order valence-electron chi connectivity index (χ0n) is 26.5. The van der Waals surface area contributed by atoms with Gasteiger partial charge in [-0.1, -0.05) is 66.7 Å². The molecular weight excluding hydrogens is 599 g/mol. The minimum atomic E-state index is 0.836. The average molecular weight is 628 g/mol. The minimum absolute atomic E-state index is 0.836. The minimum Gasteiger partial charge on any atom is -0.309 e. The van der Waals surface area contributed by atoms with E-state index >= 15 is 0 Å². The van der Waals surface area contributed by atoms with E-state index in [0.29, 0.717) is 0 Å². The molecule has 0 amide bonds. The first-order valence-electron chi connectivity index (χ1n) is 16.3. The topological polar surface area (TPSA) is 56.5 Å². The number of aromatic nitrogens is 5. The largest absolute Gasteiger partial charge is 0.309 e. The number of hydrogen-bond donors (Lipinski definition) is 0. The van der Waals surface area contributed by atoms with Crippen LogP contribution >= 0.6 is 0 Å². The molecule has 5 heterocycles. The molecule has 230 valence electrons. The van der Waals surface area contributed by atoms with Crippen molar-refractivity contribution in [3.8, 4) is 61.8 Å². The van der Waals surface area contributed by atoms with Crippen molar-refractivity contribution < 1.29 is 0 Å². The smallest absolute Gasteiger partial charge is 0.0731 e. The summed E-state index contributed by atoms with van der Waals surface area (Å²) >= 11 is 0. The van der Waals surface area contributed by atoms with Gasteiger partial charge in [0.05, 0.1) is 33.8 Å². The summed E-state index contributed by atoms with van der Waals surface area (Å²) in [5.74, 6) is 0. The van der Waals surface area contributed by atoms with Gasteiger partial charge in [-0.05, 0) is 96.1 Å². The number of rotatable bonds is 6. The van der Waals surface area contributed by atoms with Crippen molar-refractivity contribution in [2.24, 2.45) is 0 Å². The van der Waals surface area contributed by atoms with Gasteiger partial charge in [-0.15, -0.1) is 0 Å². The zero-order valence-corrected chi connectivity index (χ0v) is 26.5. The van der Waals surface area contributed by atoms with Gasteiger partial charge in [-0.25, -0.2) is 9.97 Å². The van der Waals surface area contributed by atoms with E-state index in [1.165, 1.54) is 21.8 Å². The van der Waals surface area contributed by atoms with Crippen LogP contribution in [0.4, 0.5) is 0 Å². The average Bonchev–Trinajstić information content (AvgIpc) is 3.52. The van der Waals surface area contributed by atoms with Gasteiger partial charge in [-0.3, -0.25) is 9.97 Å². The molecule has 5 aromatic heterocycles. The fourth-order valence-electron chi connectivity index (χ4n) is 6.62. The highest BCUT2D eigenvalue weighted by molar-refractivity contribution is 6.10. The van der Waals surface area contributed by atoms with E-state index in [1.807, 2.05) is 36.7 Å². The molecule has 0 aliphatic heterocycles. The van der Waals surface area contributed by atoms with E-state index in [1.54, 1.807) is 12.4 Å². The molecule has 0 saturated heterocycles. The van der Waals surface area contributed by atoms with Crippen molar-refractivity contribution in [3.05, 3.63) is 176 Å². The fraction of sp³-hybridized carbons (Fsp3) is 0. The molecule has 0 unspecified atom stereocenters. The van der Waals surface area contributed by atoms with Crippen molar-refractivity contribution in [3.63, 3.8) is 0 Å². The summed E-state index contributed by atoms with van der Waals surface area (Å²) in [5.41, 5.74) is 13.2. The van der Waals surface area contributed by atoms with Gasteiger partial charge in [0.25, 0.3) is 0 Å². The Kier molecular flexibility index (Phi) is 7.06. The molecule has 0 aliphatic carbocycles. The maximum absolute atomic E-state index is 5.18. The third kappa shape index (κ3) is 5.33. The highest BCUT2D eigenvalue weighted by atomic mass is 15.0. The third-order valence-electron chi connectivity index (χ3n) is 8.96. The van der Waals surface area contributed by atoms with Crippen LogP contribution in [0, 0.1) is 0 Å². The van der Waals surface area contributed by atoms with E-state index in [-0.39, 0.29) is 0 Å². The second-order valence-corrected chi connectivity index (χ2v) is 12.0. The SMILES string of the molecule is c1ccc(-n2c3ccccc3c3cc(-c4cccc(-c5cccc(-c6cc(-c7cccnc7)nc(-c7cccnc7)c6)n5)c4)ccc32)cc1. The number of pyridine rings is 4. The van der Waals surface area contributed by atoms with Crippen molar-refractivity contribution in [2.75, 3.05) is 0 Å². The summed E-state index contributed by atoms with van der Waals surface area (Å²) in [4.78, 5) is 18.8. The lowest BCUT2D eigenvalue weighted by molar-refractivity contribution is 1.18. The van der Waals surface area contributed by atoms with Crippen LogP contribution in [-0.2, 0) is 0 Å². The summed E-state index contributed by atoms with van der Waals surface area (Å²) in [5, 5.41) is 2.47. The Morgan fingerprint density at radius 1 is 0.347 bits per heavy atom. The van der Waals surface area contributed by atoms with Crippen LogP contribution in [0.3, 0.4) is 0 Å². The maximum atomic E-state index is 5.18. The Morgan fingerprint density at radius 3 is 1.67 bits per heavy atom. The molecule has 0 N–H and O–H groups in total. The highest BCUT2D eigenvalue weighted by Gasteiger charge is 2.14. The fourth-order valence-corrected chi connectivity index (χ4v) is 6.62. The number of para-hydroxylation sites is 2. The molecule has 0 spiro atoms. The number of hydrogen-bond acceptors (Lipinski definition) is 4. The number of nitrogens with zero attached hydrogens (tertiary/aromatic N) is 5. The van der Waals surface area contributed by atoms with Crippen LogP contribution in [0.25, 0.3) is 83.6 Å². The lowest BCUT2D eigenvalue weighted by atomic mass is 9.99. The van der Waals surface area contributed by atoms with Gasteiger partial charge in [0, 0.05) is 63.5 Å². The van der Waals surface area contributed by atoms with Gasteiger partial charge in [0.2, 0.25) is 0 Å². The van der Waals surface area contributed by atoms with Crippen molar-refractivity contribution in [2.45, 2.75) is 0 Å². The lowest BCUT2D eigenvalue weighted by Gasteiger charge is -2.11. The Bertz CT molecular complexity index is 2540. The molecule has 9 rings (SSSR count). The van der Waals surface area contributed by atoms with Crippen molar-refractivity contribution in [1.29, 1.82) is 0 Å². The van der Waals surface area contributed by atoms with E-state index in [4.69, 9.17) is 9.97 Å². The molecule has 0 atom stereocenters. The van der Waals surface area contributed by atoms with Crippen LogP contribution in [0.5, 0.6) is 0 Å². The van der Waals surface area contributed by atoms with Crippen LogP contribution in [0.2, 0.25) is 0 Å². The standard InChI is InChI=1S/C44H29N5/c1-2-14-36(15-3-1)49-43-19-5-4-16-37(43)38-25-31(20-21-44(38)49)30-10-6-11-32(24-30)39-17-7-18-40(47-39)35-26-41(33-12-8-22-45-28-33)48-42(27-35)34-13-9-23-46-29-34/h1-29H.